The van der Waals surface area contributed by atoms with Gasteiger partial charge in [0.25, 0.3) is 0 Å². The Labute approximate surface area is 124 Å². The van der Waals surface area contributed by atoms with Crippen LogP contribution >= 0.6 is 38.5 Å². The number of ether oxygens (including phenoxy) is 1. The summed E-state index contributed by atoms with van der Waals surface area (Å²) >= 11 is 5.05. The van der Waals surface area contributed by atoms with Crippen LogP contribution in [0.25, 0.3) is 0 Å². The first kappa shape index (κ1) is 13.5. The zero-order valence-electron chi connectivity index (χ0n) is 8.88. The lowest BCUT2D eigenvalue weighted by atomic mass is 10.3. The number of nitrogen functional groups attached to an aromatic ring is 1. The average Bonchev–Trinajstić information content (AvgIpc) is 2.30. The van der Waals surface area contributed by atoms with Crippen LogP contribution in [0.4, 0.5) is 14.5 Å². The zero-order chi connectivity index (χ0) is 13.3. The van der Waals surface area contributed by atoms with Gasteiger partial charge in [-0.2, -0.15) is 0 Å². The van der Waals surface area contributed by atoms with E-state index in [4.69, 9.17) is 10.5 Å². The molecule has 0 aromatic heterocycles. The van der Waals surface area contributed by atoms with Gasteiger partial charge >= 0.3 is 0 Å². The SMILES string of the molecule is Nc1cc(I)c(F)cc1Oc1cc(F)ccc1Br. The van der Waals surface area contributed by atoms with E-state index < -0.39 is 11.6 Å². The average molecular weight is 426 g/mol. The van der Waals surface area contributed by atoms with Crippen LogP contribution in [0.1, 0.15) is 0 Å². The van der Waals surface area contributed by atoms with Crippen molar-refractivity contribution in [2.45, 2.75) is 0 Å². The van der Waals surface area contributed by atoms with Gasteiger partial charge in [0.2, 0.25) is 0 Å². The van der Waals surface area contributed by atoms with Gasteiger partial charge in [0.15, 0.2) is 5.75 Å². The molecule has 18 heavy (non-hydrogen) atoms. The van der Waals surface area contributed by atoms with Crippen molar-refractivity contribution in [3.05, 3.63) is 50.0 Å². The monoisotopic (exact) mass is 425 g/mol. The lowest BCUT2D eigenvalue weighted by Gasteiger charge is -2.10. The topological polar surface area (TPSA) is 35.2 Å². The standard InChI is InChI=1S/C12H7BrF2INO/c13-7-2-1-6(14)3-11(7)18-12-4-8(15)9(16)5-10(12)17/h1-5H,17H2. The van der Waals surface area contributed by atoms with Gasteiger partial charge in [-0.25, -0.2) is 8.78 Å². The Balaban J connectivity index is 2.40. The highest BCUT2D eigenvalue weighted by atomic mass is 127. The van der Waals surface area contributed by atoms with E-state index in [1.165, 1.54) is 30.3 Å². The number of benzene rings is 2. The van der Waals surface area contributed by atoms with Gasteiger partial charge in [-0.3, -0.25) is 0 Å². The van der Waals surface area contributed by atoms with Crippen LogP contribution < -0.4 is 10.5 Å². The number of hydrogen-bond donors (Lipinski definition) is 1. The van der Waals surface area contributed by atoms with Crippen LogP contribution in [0.5, 0.6) is 11.5 Å². The van der Waals surface area contributed by atoms with Gasteiger partial charge in [-0.1, -0.05) is 0 Å². The van der Waals surface area contributed by atoms with Gasteiger partial charge < -0.3 is 10.5 Å². The van der Waals surface area contributed by atoms with Gasteiger partial charge in [-0.15, -0.1) is 0 Å². The molecule has 2 nitrogen and oxygen atoms in total. The summed E-state index contributed by atoms with van der Waals surface area (Å²) in [5.74, 6) is -0.494. The second kappa shape index (κ2) is 5.40. The molecule has 2 rings (SSSR count). The fraction of sp³-hybridized carbons (Fsp3) is 0. The molecule has 0 aliphatic heterocycles. The zero-order valence-corrected chi connectivity index (χ0v) is 12.6. The molecule has 2 aromatic carbocycles. The smallest absolute Gasteiger partial charge is 0.153 e. The number of rotatable bonds is 2. The Morgan fingerprint density at radius 2 is 1.83 bits per heavy atom. The molecule has 94 valence electrons. The molecule has 0 saturated carbocycles. The Morgan fingerprint density at radius 1 is 1.11 bits per heavy atom. The molecule has 0 bridgehead atoms. The quantitative estimate of drug-likeness (QED) is 0.558. The third-order valence-electron chi connectivity index (χ3n) is 2.17. The minimum Gasteiger partial charge on any atom is -0.454 e. The van der Waals surface area contributed by atoms with E-state index in [1.807, 2.05) is 22.6 Å². The summed E-state index contributed by atoms with van der Waals surface area (Å²) in [7, 11) is 0. The van der Waals surface area contributed by atoms with Crippen molar-refractivity contribution in [3.8, 4) is 11.5 Å². The summed E-state index contributed by atoms with van der Waals surface area (Å²) in [6, 6.07) is 6.62. The molecule has 2 N–H and O–H groups in total. The van der Waals surface area contributed by atoms with Crippen molar-refractivity contribution < 1.29 is 13.5 Å². The molecular formula is C12H7BrF2INO. The van der Waals surface area contributed by atoms with Crippen molar-refractivity contribution in [1.29, 1.82) is 0 Å². The van der Waals surface area contributed by atoms with Crippen LogP contribution in [0.3, 0.4) is 0 Å². The lowest BCUT2D eigenvalue weighted by molar-refractivity contribution is 0.470. The Bertz CT molecular complexity index is 607. The van der Waals surface area contributed by atoms with Crippen LogP contribution in [0.15, 0.2) is 34.8 Å². The van der Waals surface area contributed by atoms with Crippen LogP contribution in [0, 0.1) is 15.2 Å². The van der Waals surface area contributed by atoms with Crippen molar-refractivity contribution in [2.75, 3.05) is 5.73 Å². The van der Waals surface area contributed by atoms with Crippen molar-refractivity contribution in [3.63, 3.8) is 0 Å². The summed E-state index contributed by atoms with van der Waals surface area (Å²) < 4.78 is 32.9. The number of nitrogens with two attached hydrogens (primary N) is 1. The minimum atomic E-state index is -0.447. The van der Waals surface area contributed by atoms with Gasteiger partial charge in [0, 0.05) is 12.1 Å². The Hall–Kier alpha value is -0.890. The van der Waals surface area contributed by atoms with E-state index in [0.717, 1.165) is 0 Å². The first-order valence-corrected chi connectivity index (χ1v) is 6.72. The van der Waals surface area contributed by atoms with Gasteiger partial charge in [0.1, 0.15) is 17.4 Å². The number of anilines is 1. The third kappa shape index (κ3) is 2.92. The highest BCUT2D eigenvalue weighted by Crippen LogP contribution is 2.34. The molecule has 0 spiro atoms. The summed E-state index contributed by atoms with van der Waals surface area (Å²) in [6.07, 6.45) is 0. The molecule has 0 aliphatic carbocycles. The van der Waals surface area contributed by atoms with Gasteiger partial charge in [0.05, 0.1) is 13.7 Å². The normalized spacial score (nSPS) is 10.4. The molecule has 0 heterocycles. The van der Waals surface area contributed by atoms with E-state index in [1.54, 1.807) is 0 Å². The minimum absolute atomic E-state index is 0.152. The summed E-state index contributed by atoms with van der Waals surface area (Å²) in [6.45, 7) is 0. The molecule has 0 aliphatic rings. The molecule has 2 aromatic rings. The first-order valence-electron chi connectivity index (χ1n) is 4.85. The van der Waals surface area contributed by atoms with E-state index in [-0.39, 0.29) is 17.2 Å². The summed E-state index contributed by atoms with van der Waals surface area (Å²) in [5, 5.41) is 0. The summed E-state index contributed by atoms with van der Waals surface area (Å²) in [4.78, 5) is 0. The maximum atomic E-state index is 13.4. The molecule has 6 heteroatoms. The predicted octanol–water partition coefficient (Wildman–Crippen LogP) is 4.71. The summed E-state index contributed by atoms with van der Waals surface area (Å²) in [5.41, 5.74) is 6.01. The number of halogens is 4. The predicted molar refractivity (Wildman–Crippen MR) is 77.7 cm³/mol. The largest absolute Gasteiger partial charge is 0.454 e. The second-order valence-corrected chi connectivity index (χ2v) is 5.50. The maximum absolute atomic E-state index is 13.4. The molecule has 0 radical (unpaired) electrons. The maximum Gasteiger partial charge on any atom is 0.153 e. The van der Waals surface area contributed by atoms with Crippen molar-refractivity contribution in [2.24, 2.45) is 0 Å². The molecule has 0 atom stereocenters. The van der Waals surface area contributed by atoms with Crippen molar-refractivity contribution in [1.82, 2.24) is 0 Å². The fourth-order valence-electron chi connectivity index (χ4n) is 1.31. The molecule has 0 saturated heterocycles. The highest BCUT2D eigenvalue weighted by Gasteiger charge is 2.10. The third-order valence-corrected chi connectivity index (χ3v) is 3.65. The van der Waals surface area contributed by atoms with Gasteiger partial charge in [-0.05, 0) is 56.7 Å². The highest BCUT2D eigenvalue weighted by molar-refractivity contribution is 14.1. The molecule has 0 amide bonds. The van der Waals surface area contributed by atoms with Crippen LogP contribution in [-0.2, 0) is 0 Å². The van der Waals surface area contributed by atoms with E-state index in [9.17, 15) is 8.78 Å². The Kier molecular flexibility index (Phi) is 4.06. The lowest BCUT2D eigenvalue weighted by Crippen LogP contribution is -1.96. The second-order valence-electron chi connectivity index (χ2n) is 3.48. The van der Waals surface area contributed by atoms with E-state index in [2.05, 4.69) is 15.9 Å². The molecular weight excluding hydrogens is 419 g/mol. The molecule has 0 fully saturated rings. The van der Waals surface area contributed by atoms with E-state index >= 15 is 0 Å². The van der Waals surface area contributed by atoms with E-state index in [0.29, 0.717) is 8.04 Å². The van der Waals surface area contributed by atoms with Crippen LogP contribution in [-0.4, -0.2) is 0 Å². The van der Waals surface area contributed by atoms with Crippen LogP contribution in [0.2, 0.25) is 0 Å². The van der Waals surface area contributed by atoms with Crippen molar-refractivity contribution >= 4 is 44.2 Å². The molecule has 0 unspecified atom stereocenters. The Morgan fingerprint density at radius 3 is 2.56 bits per heavy atom. The first-order chi connectivity index (χ1) is 8.47. The fourth-order valence-corrected chi connectivity index (χ4v) is 2.12. The number of hydrogen-bond acceptors (Lipinski definition) is 2.